The molecule has 5 heterocycles. The summed E-state index contributed by atoms with van der Waals surface area (Å²) in [6, 6.07) is 56.5. The highest BCUT2D eigenvalue weighted by atomic mass is 15.2. The Hall–Kier alpha value is -5.93. The zero-order chi connectivity index (χ0) is 30.4. The average molecular weight is 593 g/mol. The van der Waals surface area contributed by atoms with Crippen molar-refractivity contribution in [2.75, 3.05) is 14.6 Å². The van der Waals surface area contributed by atoms with E-state index < -0.39 is 0 Å². The summed E-state index contributed by atoms with van der Waals surface area (Å²) in [5.41, 5.74) is 22.5. The molecule has 5 aliphatic rings. The van der Waals surface area contributed by atoms with Gasteiger partial charge in [0.25, 0.3) is 6.71 Å². The van der Waals surface area contributed by atoms with Gasteiger partial charge in [-0.15, -0.1) is 0 Å². The number of rotatable bonds is 2. The lowest BCUT2D eigenvalue weighted by Crippen LogP contribution is -2.71. The van der Waals surface area contributed by atoms with Crippen LogP contribution in [0.5, 0.6) is 0 Å². The van der Waals surface area contributed by atoms with Crippen LogP contribution in [0.3, 0.4) is 0 Å². The molecule has 0 N–H and O–H groups in total. The van der Waals surface area contributed by atoms with Gasteiger partial charge in [-0.2, -0.15) is 0 Å². The Morgan fingerprint density at radius 2 is 0.787 bits per heavy atom. The molecule has 0 aliphatic carbocycles. The zero-order valence-corrected chi connectivity index (χ0v) is 25.4. The van der Waals surface area contributed by atoms with Crippen LogP contribution in [0.25, 0.3) is 22.3 Å². The normalized spacial score (nSPS) is 14.6. The second kappa shape index (κ2) is 8.45. The second-order valence-corrected chi connectivity index (χ2v) is 13.2. The van der Waals surface area contributed by atoms with Gasteiger partial charge in [-0.1, -0.05) is 103 Å². The van der Waals surface area contributed by atoms with Crippen LogP contribution in [-0.4, -0.2) is 13.6 Å². The summed E-state index contributed by atoms with van der Waals surface area (Å²) in [7, 11) is 0. The fourth-order valence-corrected chi connectivity index (χ4v) is 9.51. The lowest BCUT2D eigenvalue weighted by atomic mass is 9.29. The fraction of sp³-hybridized carbons (Fsp3) is 0. The van der Waals surface area contributed by atoms with Crippen molar-refractivity contribution in [3.8, 4) is 22.3 Å². The van der Waals surface area contributed by atoms with Crippen molar-refractivity contribution in [1.82, 2.24) is 0 Å². The monoisotopic (exact) mass is 593 g/mol. The Kier molecular flexibility index (Phi) is 4.37. The quantitative estimate of drug-likeness (QED) is 0.200. The van der Waals surface area contributed by atoms with Gasteiger partial charge in [0.05, 0.1) is 0 Å². The van der Waals surface area contributed by atoms with Crippen molar-refractivity contribution >= 4 is 86.4 Å². The Bertz CT molecular complexity index is 2340. The van der Waals surface area contributed by atoms with Gasteiger partial charge in [-0.05, 0) is 87.0 Å². The lowest BCUT2D eigenvalue weighted by molar-refractivity contribution is 1.23. The molecule has 5 aliphatic heterocycles. The molecule has 0 saturated carbocycles. The van der Waals surface area contributed by atoms with E-state index in [1.54, 1.807) is 0 Å². The molecule has 0 fully saturated rings. The zero-order valence-electron chi connectivity index (χ0n) is 25.4. The van der Waals surface area contributed by atoms with Crippen LogP contribution in [0, 0.1) is 0 Å². The second-order valence-electron chi connectivity index (χ2n) is 13.2. The molecule has 0 saturated heterocycles. The first-order valence-corrected chi connectivity index (χ1v) is 16.5. The van der Waals surface area contributed by atoms with Gasteiger partial charge < -0.3 is 14.6 Å². The molecule has 0 spiro atoms. The molecule has 0 unspecified atom stereocenters. The maximum Gasteiger partial charge on any atom is 0.329 e. The standard InChI is InChI=1S/C42H25B2N3/c1-3-12-26(13-4-1)45-34-20-11-21-35-38(34)43-39-36(45)24-22-30-28-16-7-9-18-32(28)44-33-19-10-8-17-29(33)31-23-25-37(40(43)42(31)47(44)41(30)39)46(35)27-14-5-2-6-15-27/h1-25H. The van der Waals surface area contributed by atoms with Gasteiger partial charge in [0.1, 0.15) is 0 Å². The smallest absolute Gasteiger partial charge is 0.329 e. The summed E-state index contributed by atoms with van der Waals surface area (Å²) >= 11 is 0. The van der Waals surface area contributed by atoms with Crippen molar-refractivity contribution < 1.29 is 0 Å². The summed E-state index contributed by atoms with van der Waals surface area (Å²) in [6.45, 7) is 0.207. The molecule has 0 amide bonds. The van der Waals surface area contributed by atoms with E-state index in [0.717, 1.165) is 0 Å². The van der Waals surface area contributed by atoms with Crippen molar-refractivity contribution in [2.45, 2.75) is 0 Å². The highest BCUT2D eigenvalue weighted by molar-refractivity contribution is 7.05. The predicted molar refractivity (Wildman–Crippen MR) is 198 cm³/mol. The Morgan fingerprint density at radius 3 is 1.30 bits per heavy atom. The largest absolute Gasteiger partial charge is 0.377 e. The molecule has 0 atom stereocenters. The molecule has 0 radical (unpaired) electrons. The summed E-state index contributed by atoms with van der Waals surface area (Å²) in [4.78, 5) is 7.76. The van der Waals surface area contributed by atoms with Crippen molar-refractivity contribution in [2.24, 2.45) is 0 Å². The van der Waals surface area contributed by atoms with E-state index in [4.69, 9.17) is 0 Å². The first-order valence-electron chi connectivity index (χ1n) is 16.5. The average Bonchev–Trinajstić information content (AvgIpc) is 3.14. The van der Waals surface area contributed by atoms with Crippen molar-refractivity contribution in [3.63, 3.8) is 0 Å². The van der Waals surface area contributed by atoms with Gasteiger partial charge in [-0.3, -0.25) is 0 Å². The third-order valence-corrected chi connectivity index (χ3v) is 11.1. The Balaban J connectivity index is 1.30. The topological polar surface area (TPSA) is 9.72 Å². The highest BCUT2D eigenvalue weighted by Gasteiger charge is 2.54. The minimum absolute atomic E-state index is 0.0928. The van der Waals surface area contributed by atoms with Crippen LogP contribution in [0.4, 0.5) is 45.5 Å². The van der Waals surface area contributed by atoms with Crippen molar-refractivity contribution in [1.29, 1.82) is 0 Å². The van der Waals surface area contributed by atoms with Gasteiger partial charge in [0.15, 0.2) is 0 Å². The molecule has 12 rings (SSSR count). The van der Waals surface area contributed by atoms with Gasteiger partial charge in [0.2, 0.25) is 0 Å². The number of benzene rings is 7. The van der Waals surface area contributed by atoms with E-state index in [2.05, 4.69) is 166 Å². The molecule has 0 bridgehead atoms. The molecule has 0 aromatic heterocycles. The van der Waals surface area contributed by atoms with Gasteiger partial charge in [-0.25, -0.2) is 0 Å². The van der Waals surface area contributed by atoms with Crippen LogP contribution in [0.15, 0.2) is 152 Å². The fourth-order valence-electron chi connectivity index (χ4n) is 9.51. The molecule has 214 valence electrons. The van der Waals surface area contributed by atoms with Crippen LogP contribution in [-0.2, 0) is 0 Å². The SMILES string of the molecule is c1ccc(N2c3cccc4c3B3c5c2ccc2c5N5B(c6ccccc6-2)c2ccccc2-c2ccc(c3c25)N4c2ccccc2)cc1. The van der Waals surface area contributed by atoms with Gasteiger partial charge in [0, 0.05) is 56.6 Å². The summed E-state index contributed by atoms with van der Waals surface area (Å²) in [6.07, 6.45) is 0. The van der Waals surface area contributed by atoms with Crippen LogP contribution < -0.4 is 41.9 Å². The minimum atomic E-state index is 0.0928. The highest BCUT2D eigenvalue weighted by Crippen LogP contribution is 2.54. The summed E-state index contributed by atoms with van der Waals surface area (Å²) in [5, 5.41) is 0. The predicted octanol–water partition coefficient (Wildman–Crippen LogP) is 6.99. The first-order chi connectivity index (χ1) is 23.4. The summed E-state index contributed by atoms with van der Waals surface area (Å²) in [5.74, 6) is 0. The number of anilines is 8. The molecule has 7 aromatic rings. The Morgan fingerprint density at radius 1 is 0.340 bits per heavy atom. The van der Waals surface area contributed by atoms with Crippen LogP contribution >= 0.6 is 0 Å². The third-order valence-electron chi connectivity index (χ3n) is 11.1. The molecular weight excluding hydrogens is 568 g/mol. The number of para-hydroxylation sites is 2. The maximum absolute atomic E-state index is 2.73. The summed E-state index contributed by atoms with van der Waals surface area (Å²) < 4.78 is 0. The van der Waals surface area contributed by atoms with E-state index in [9.17, 15) is 0 Å². The molecular formula is C42H25B2N3. The molecule has 5 heteroatoms. The van der Waals surface area contributed by atoms with Crippen LogP contribution in [0.2, 0.25) is 0 Å². The molecule has 47 heavy (non-hydrogen) atoms. The number of hydrogen-bond acceptors (Lipinski definition) is 3. The van der Waals surface area contributed by atoms with E-state index in [0.29, 0.717) is 0 Å². The number of nitrogens with zero attached hydrogens (tertiary/aromatic N) is 3. The lowest BCUT2D eigenvalue weighted by Gasteiger charge is -2.54. The van der Waals surface area contributed by atoms with E-state index in [1.807, 2.05) is 0 Å². The maximum atomic E-state index is 2.73. The van der Waals surface area contributed by atoms with E-state index >= 15 is 0 Å². The van der Waals surface area contributed by atoms with E-state index in [-0.39, 0.29) is 13.6 Å². The molecule has 7 aromatic carbocycles. The number of hydrogen-bond donors (Lipinski definition) is 0. The first kappa shape index (κ1) is 24.3. The van der Waals surface area contributed by atoms with Crippen LogP contribution in [0.1, 0.15) is 0 Å². The Labute approximate surface area is 274 Å². The third kappa shape index (κ3) is 2.80. The number of fused-ring (bicyclic) bond motifs is 6. The molecule has 3 nitrogen and oxygen atoms in total. The van der Waals surface area contributed by atoms with E-state index in [1.165, 1.54) is 95.1 Å². The van der Waals surface area contributed by atoms with Crippen molar-refractivity contribution in [3.05, 3.63) is 152 Å². The minimum Gasteiger partial charge on any atom is -0.377 e. The van der Waals surface area contributed by atoms with Gasteiger partial charge >= 0.3 is 6.85 Å².